The molecule has 6 heteroatoms. The number of H-pyrrole nitrogens is 1. The van der Waals surface area contributed by atoms with Gasteiger partial charge in [0.2, 0.25) is 5.91 Å². The summed E-state index contributed by atoms with van der Waals surface area (Å²) in [6, 6.07) is 4.18. The van der Waals surface area contributed by atoms with Crippen LogP contribution in [0.4, 0.5) is 0 Å². The SMILES string of the molecule is CCCCCc1cc(O)c2c(c1)OC(C)(C)[C@@H]1CCC(CCCCC(=O)NCCc3cnc[nH]3)C[C@@H]21. The van der Waals surface area contributed by atoms with Crippen LogP contribution >= 0.6 is 0 Å². The number of aryl methyl sites for hydroxylation is 1. The number of phenols is 1. The van der Waals surface area contributed by atoms with Crippen LogP contribution in [0.5, 0.6) is 11.5 Å². The number of fused-ring (bicyclic) bond motifs is 3. The van der Waals surface area contributed by atoms with Gasteiger partial charge < -0.3 is 20.1 Å². The number of benzene rings is 1. The van der Waals surface area contributed by atoms with Gasteiger partial charge in [0.15, 0.2) is 0 Å². The van der Waals surface area contributed by atoms with E-state index >= 15 is 0 Å². The minimum absolute atomic E-state index is 0.137. The molecule has 2 aromatic rings. The van der Waals surface area contributed by atoms with Crippen molar-refractivity contribution in [2.45, 2.75) is 109 Å². The minimum Gasteiger partial charge on any atom is -0.508 e. The fourth-order valence-electron chi connectivity index (χ4n) is 6.44. The molecule has 1 fully saturated rings. The summed E-state index contributed by atoms with van der Waals surface area (Å²) in [5.74, 6) is 2.88. The smallest absolute Gasteiger partial charge is 0.220 e. The molecule has 3 N–H and O–H groups in total. The first-order valence-corrected chi connectivity index (χ1v) is 14.2. The lowest BCUT2D eigenvalue weighted by atomic mass is 9.63. The zero-order valence-corrected chi connectivity index (χ0v) is 22.4. The quantitative estimate of drug-likeness (QED) is 0.296. The lowest BCUT2D eigenvalue weighted by Crippen LogP contribution is -2.46. The lowest BCUT2D eigenvalue weighted by Gasteiger charge is -2.49. The van der Waals surface area contributed by atoms with Crippen molar-refractivity contribution in [3.8, 4) is 11.5 Å². The molecule has 36 heavy (non-hydrogen) atoms. The number of aromatic nitrogens is 2. The number of unbranched alkanes of at least 4 members (excludes halogenated alkanes) is 3. The molecule has 1 aromatic carbocycles. The van der Waals surface area contributed by atoms with Gasteiger partial charge >= 0.3 is 0 Å². The highest BCUT2D eigenvalue weighted by molar-refractivity contribution is 5.75. The van der Waals surface area contributed by atoms with E-state index in [9.17, 15) is 9.90 Å². The Labute approximate surface area is 216 Å². The van der Waals surface area contributed by atoms with Crippen LogP contribution in [-0.2, 0) is 17.6 Å². The number of amides is 1. The van der Waals surface area contributed by atoms with Crippen molar-refractivity contribution >= 4 is 5.91 Å². The lowest BCUT2D eigenvalue weighted by molar-refractivity contribution is -0.121. The number of aromatic hydroxyl groups is 1. The molecular weight excluding hydrogens is 450 g/mol. The Morgan fingerprint density at radius 3 is 2.83 bits per heavy atom. The van der Waals surface area contributed by atoms with Gasteiger partial charge in [-0.3, -0.25) is 4.79 Å². The van der Waals surface area contributed by atoms with E-state index < -0.39 is 0 Å². The van der Waals surface area contributed by atoms with Crippen molar-refractivity contribution in [1.82, 2.24) is 15.3 Å². The Hall–Kier alpha value is -2.50. The van der Waals surface area contributed by atoms with Crippen LogP contribution in [0.25, 0.3) is 0 Å². The van der Waals surface area contributed by atoms with Crippen LogP contribution < -0.4 is 10.1 Å². The molecule has 1 unspecified atom stereocenters. The summed E-state index contributed by atoms with van der Waals surface area (Å²) in [5, 5.41) is 14.1. The normalized spacial score (nSPS) is 22.4. The number of carbonyl (C=O) groups excluding carboxylic acids is 1. The third kappa shape index (κ3) is 6.63. The van der Waals surface area contributed by atoms with E-state index in [0.29, 0.717) is 36.5 Å². The summed E-state index contributed by atoms with van der Waals surface area (Å²) in [7, 11) is 0. The number of phenolic OH excluding ortho intramolecular Hbond substituents is 1. The van der Waals surface area contributed by atoms with Crippen molar-refractivity contribution in [1.29, 1.82) is 0 Å². The molecule has 6 nitrogen and oxygen atoms in total. The standard InChI is InChI=1S/C30H45N3O3/c1-4-5-6-10-22-17-26(34)29-24-16-21(12-13-25(24)30(2,3)36-27(29)18-22)9-7-8-11-28(35)32-15-14-23-19-31-20-33-23/h17-21,24-25,34H,4-16H2,1-3H3,(H,31,33)(H,32,35)/t21?,24-,25-/m1/s1. The fraction of sp³-hybridized carbons (Fsp3) is 0.667. The number of rotatable bonds is 12. The first kappa shape index (κ1) is 26.6. The van der Waals surface area contributed by atoms with Crippen molar-refractivity contribution < 1.29 is 14.6 Å². The highest BCUT2D eigenvalue weighted by Crippen LogP contribution is 2.56. The number of hydrogen-bond donors (Lipinski definition) is 3. The molecule has 4 rings (SSSR count). The van der Waals surface area contributed by atoms with Crippen molar-refractivity contribution in [2.75, 3.05) is 6.54 Å². The van der Waals surface area contributed by atoms with Crippen LogP contribution in [0.15, 0.2) is 24.7 Å². The Bertz CT molecular complexity index is 986. The van der Waals surface area contributed by atoms with Gasteiger partial charge in [0.25, 0.3) is 0 Å². The zero-order chi connectivity index (χ0) is 25.5. The Morgan fingerprint density at radius 1 is 1.19 bits per heavy atom. The van der Waals surface area contributed by atoms with Crippen molar-refractivity contribution in [2.24, 2.45) is 11.8 Å². The van der Waals surface area contributed by atoms with Gasteiger partial charge in [-0.25, -0.2) is 4.98 Å². The number of nitrogens with one attached hydrogen (secondary N) is 2. The summed E-state index contributed by atoms with van der Waals surface area (Å²) in [4.78, 5) is 19.3. The molecule has 0 bridgehead atoms. The summed E-state index contributed by atoms with van der Waals surface area (Å²) in [6.07, 6.45) is 16.0. The first-order valence-electron chi connectivity index (χ1n) is 14.2. The zero-order valence-electron chi connectivity index (χ0n) is 22.4. The first-order chi connectivity index (χ1) is 17.4. The van der Waals surface area contributed by atoms with E-state index in [2.05, 4.69) is 42.1 Å². The average molecular weight is 496 g/mol. The molecular formula is C30H45N3O3. The van der Waals surface area contributed by atoms with Gasteiger partial charge in [0.05, 0.1) is 6.33 Å². The largest absolute Gasteiger partial charge is 0.508 e. The molecule has 1 aliphatic heterocycles. The summed E-state index contributed by atoms with van der Waals surface area (Å²) in [5.41, 5.74) is 3.05. The molecule has 2 heterocycles. The van der Waals surface area contributed by atoms with Gasteiger partial charge in [-0.05, 0) is 81.9 Å². The molecule has 1 aliphatic carbocycles. The second-order valence-electron chi connectivity index (χ2n) is 11.5. The predicted molar refractivity (Wildman–Crippen MR) is 143 cm³/mol. The van der Waals surface area contributed by atoms with E-state index in [1.807, 2.05) is 6.07 Å². The van der Waals surface area contributed by atoms with E-state index in [0.717, 1.165) is 68.4 Å². The summed E-state index contributed by atoms with van der Waals surface area (Å²) < 4.78 is 6.52. The van der Waals surface area contributed by atoms with Crippen LogP contribution in [0.2, 0.25) is 0 Å². The highest BCUT2D eigenvalue weighted by atomic mass is 16.5. The Balaban J connectivity index is 1.28. The van der Waals surface area contributed by atoms with Gasteiger partial charge in [0, 0.05) is 42.8 Å². The fourth-order valence-corrected chi connectivity index (χ4v) is 6.44. The molecule has 1 amide bonds. The number of carbonyl (C=O) groups is 1. The number of hydrogen-bond acceptors (Lipinski definition) is 4. The number of imidazole rings is 1. The second-order valence-corrected chi connectivity index (χ2v) is 11.5. The molecule has 198 valence electrons. The maximum atomic E-state index is 12.2. The third-order valence-electron chi connectivity index (χ3n) is 8.38. The Kier molecular flexibility index (Phi) is 8.97. The van der Waals surface area contributed by atoms with Gasteiger partial charge in [0.1, 0.15) is 17.1 Å². The van der Waals surface area contributed by atoms with Crippen LogP contribution in [0, 0.1) is 11.8 Å². The van der Waals surface area contributed by atoms with Crippen molar-refractivity contribution in [3.05, 3.63) is 41.5 Å². The highest BCUT2D eigenvalue weighted by Gasteiger charge is 2.47. The molecule has 2 aliphatic rings. The average Bonchev–Trinajstić information content (AvgIpc) is 3.35. The van der Waals surface area contributed by atoms with Gasteiger partial charge in [-0.2, -0.15) is 0 Å². The summed E-state index contributed by atoms with van der Waals surface area (Å²) in [6.45, 7) is 7.31. The minimum atomic E-state index is -0.217. The summed E-state index contributed by atoms with van der Waals surface area (Å²) >= 11 is 0. The maximum absolute atomic E-state index is 12.2. The molecule has 0 radical (unpaired) electrons. The monoisotopic (exact) mass is 495 g/mol. The third-order valence-corrected chi connectivity index (χ3v) is 8.38. The van der Waals surface area contributed by atoms with E-state index in [4.69, 9.17) is 4.74 Å². The van der Waals surface area contributed by atoms with E-state index in [-0.39, 0.29) is 11.5 Å². The topological polar surface area (TPSA) is 87.2 Å². The maximum Gasteiger partial charge on any atom is 0.220 e. The molecule has 0 saturated heterocycles. The molecule has 3 atom stereocenters. The molecule has 0 spiro atoms. The predicted octanol–water partition coefficient (Wildman–Crippen LogP) is 6.44. The van der Waals surface area contributed by atoms with Crippen LogP contribution in [0.3, 0.4) is 0 Å². The van der Waals surface area contributed by atoms with E-state index in [1.54, 1.807) is 12.5 Å². The molecule has 1 saturated carbocycles. The number of ether oxygens (including phenoxy) is 1. The van der Waals surface area contributed by atoms with Gasteiger partial charge in [-0.15, -0.1) is 0 Å². The van der Waals surface area contributed by atoms with E-state index in [1.165, 1.54) is 24.8 Å². The van der Waals surface area contributed by atoms with Crippen LogP contribution in [-0.4, -0.2) is 33.1 Å². The second kappa shape index (κ2) is 12.2. The van der Waals surface area contributed by atoms with Crippen LogP contribution in [0.1, 0.15) is 108 Å². The van der Waals surface area contributed by atoms with Gasteiger partial charge in [-0.1, -0.05) is 32.6 Å². The molecule has 1 aromatic heterocycles. The Morgan fingerprint density at radius 2 is 2.06 bits per heavy atom. The number of nitrogens with zero attached hydrogens (tertiary/aromatic N) is 1. The number of aromatic amines is 1. The van der Waals surface area contributed by atoms with Crippen molar-refractivity contribution in [3.63, 3.8) is 0 Å².